The van der Waals surface area contributed by atoms with Gasteiger partial charge in [0.25, 0.3) is 17.7 Å². The highest BCUT2D eigenvalue weighted by Crippen LogP contribution is 2.26. The molecule has 5 nitrogen and oxygen atoms in total. The lowest BCUT2D eigenvalue weighted by Gasteiger charge is -2.13. The lowest BCUT2D eigenvalue weighted by molar-refractivity contribution is 0.0642. The van der Waals surface area contributed by atoms with Gasteiger partial charge in [-0.2, -0.15) is 0 Å². The number of anilines is 1. The Bertz CT molecular complexity index is 1070. The van der Waals surface area contributed by atoms with Gasteiger partial charge in [-0.25, -0.2) is 0 Å². The van der Waals surface area contributed by atoms with Gasteiger partial charge in [0.1, 0.15) is 0 Å². The van der Waals surface area contributed by atoms with Crippen molar-refractivity contribution in [2.45, 2.75) is 13.5 Å². The van der Waals surface area contributed by atoms with Crippen molar-refractivity contribution in [3.63, 3.8) is 0 Å². The van der Waals surface area contributed by atoms with Crippen molar-refractivity contribution in [3.8, 4) is 0 Å². The Morgan fingerprint density at radius 2 is 1.54 bits per heavy atom. The van der Waals surface area contributed by atoms with Crippen LogP contribution in [0.1, 0.15) is 42.2 Å². The highest BCUT2D eigenvalue weighted by molar-refractivity contribution is 6.22. The van der Waals surface area contributed by atoms with Crippen LogP contribution in [0.25, 0.3) is 0 Å². The fourth-order valence-electron chi connectivity index (χ4n) is 3.18. The summed E-state index contributed by atoms with van der Waals surface area (Å²) in [5.74, 6) is -1.04. The van der Waals surface area contributed by atoms with E-state index in [4.69, 9.17) is 0 Å². The molecule has 0 aliphatic carbocycles. The molecular formula is C23H18N2O3. The molecule has 0 bridgehead atoms. The van der Waals surface area contributed by atoms with Gasteiger partial charge in [0.05, 0.1) is 17.7 Å². The molecule has 0 fully saturated rings. The molecule has 5 heteroatoms. The molecule has 0 saturated carbocycles. The fourth-order valence-corrected chi connectivity index (χ4v) is 3.18. The standard InChI is InChI=1S/C23H18N2O3/c1-15-7-10-18(11-8-15)24-21(26)17-9-12-19-20(13-17)23(28)25(22(19)27)14-16-5-3-2-4-6-16/h2-13H,14H2,1H3,(H,24,26). The quantitative estimate of drug-likeness (QED) is 0.705. The summed E-state index contributed by atoms with van der Waals surface area (Å²) >= 11 is 0. The first kappa shape index (κ1) is 17.7. The van der Waals surface area contributed by atoms with Crippen molar-refractivity contribution in [1.82, 2.24) is 4.90 Å². The number of benzene rings is 3. The van der Waals surface area contributed by atoms with Crippen LogP contribution in [0.4, 0.5) is 5.69 Å². The number of amides is 3. The molecule has 1 N–H and O–H groups in total. The summed E-state index contributed by atoms with van der Waals surface area (Å²) in [5.41, 5.74) is 3.56. The average molecular weight is 370 g/mol. The van der Waals surface area contributed by atoms with Crippen LogP contribution in [-0.4, -0.2) is 22.6 Å². The lowest BCUT2D eigenvalue weighted by Crippen LogP contribution is -2.29. The highest BCUT2D eigenvalue weighted by Gasteiger charge is 2.35. The molecule has 1 aliphatic rings. The summed E-state index contributed by atoms with van der Waals surface area (Å²) in [6.07, 6.45) is 0. The van der Waals surface area contributed by atoms with Gasteiger partial charge in [0, 0.05) is 11.3 Å². The van der Waals surface area contributed by atoms with E-state index in [1.54, 1.807) is 12.1 Å². The number of hydrogen-bond donors (Lipinski definition) is 1. The molecule has 3 amide bonds. The van der Waals surface area contributed by atoms with Crippen LogP contribution >= 0.6 is 0 Å². The second-order valence-electron chi connectivity index (χ2n) is 6.76. The molecule has 0 atom stereocenters. The molecule has 0 spiro atoms. The number of hydrogen-bond acceptors (Lipinski definition) is 3. The molecule has 1 aliphatic heterocycles. The maximum atomic E-state index is 12.8. The van der Waals surface area contributed by atoms with Crippen molar-refractivity contribution in [1.29, 1.82) is 0 Å². The zero-order chi connectivity index (χ0) is 19.7. The van der Waals surface area contributed by atoms with E-state index in [0.717, 1.165) is 11.1 Å². The molecule has 3 aromatic carbocycles. The minimum atomic E-state index is -0.381. The van der Waals surface area contributed by atoms with Gasteiger partial charge >= 0.3 is 0 Å². The fraction of sp³-hybridized carbons (Fsp3) is 0.0870. The zero-order valence-corrected chi connectivity index (χ0v) is 15.3. The average Bonchev–Trinajstić information content (AvgIpc) is 2.95. The van der Waals surface area contributed by atoms with Crippen molar-refractivity contribution < 1.29 is 14.4 Å². The number of nitrogens with one attached hydrogen (secondary N) is 1. The Morgan fingerprint density at radius 1 is 0.857 bits per heavy atom. The minimum absolute atomic E-state index is 0.206. The number of carbonyl (C=O) groups excluding carboxylic acids is 3. The molecule has 4 rings (SSSR count). The first-order chi connectivity index (χ1) is 13.5. The Morgan fingerprint density at radius 3 is 2.25 bits per heavy atom. The number of carbonyl (C=O) groups is 3. The molecule has 3 aromatic rings. The number of rotatable bonds is 4. The Labute approximate surface area is 162 Å². The van der Waals surface area contributed by atoms with E-state index in [-0.39, 0.29) is 29.8 Å². The summed E-state index contributed by atoms with van der Waals surface area (Å²) in [5, 5.41) is 2.80. The van der Waals surface area contributed by atoms with E-state index in [1.165, 1.54) is 11.0 Å². The van der Waals surface area contributed by atoms with E-state index in [9.17, 15) is 14.4 Å². The molecule has 0 saturated heterocycles. The zero-order valence-electron chi connectivity index (χ0n) is 15.3. The minimum Gasteiger partial charge on any atom is -0.322 e. The summed E-state index contributed by atoms with van der Waals surface area (Å²) in [7, 11) is 0. The normalized spacial score (nSPS) is 12.8. The van der Waals surface area contributed by atoms with E-state index in [2.05, 4.69) is 5.32 Å². The maximum Gasteiger partial charge on any atom is 0.261 e. The number of nitrogens with zero attached hydrogens (tertiary/aromatic N) is 1. The number of fused-ring (bicyclic) bond motifs is 1. The van der Waals surface area contributed by atoms with Crippen LogP contribution in [0.2, 0.25) is 0 Å². The van der Waals surface area contributed by atoms with Gasteiger partial charge in [-0.1, -0.05) is 48.0 Å². The van der Waals surface area contributed by atoms with E-state index in [1.807, 2.05) is 61.5 Å². The smallest absolute Gasteiger partial charge is 0.261 e. The van der Waals surface area contributed by atoms with Crippen molar-refractivity contribution >= 4 is 23.4 Å². The lowest BCUT2D eigenvalue weighted by atomic mass is 10.1. The summed E-state index contributed by atoms with van der Waals surface area (Å²) in [4.78, 5) is 39.1. The molecule has 1 heterocycles. The Hall–Kier alpha value is -3.73. The SMILES string of the molecule is Cc1ccc(NC(=O)c2ccc3c(c2)C(=O)N(Cc2ccccc2)C3=O)cc1. The van der Waals surface area contributed by atoms with Crippen molar-refractivity contribution in [2.75, 3.05) is 5.32 Å². The van der Waals surface area contributed by atoms with Crippen LogP contribution in [-0.2, 0) is 6.54 Å². The Kier molecular flexibility index (Phi) is 4.49. The van der Waals surface area contributed by atoms with Gasteiger partial charge in [-0.05, 0) is 42.8 Å². The molecule has 0 unspecified atom stereocenters. The molecule has 28 heavy (non-hydrogen) atoms. The third kappa shape index (κ3) is 3.30. The van der Waals surface area contributed by atoms with Crippen LogP contribution in [0, 0.1) is 6.92 Å². The maximum absolute atomic E-state index is 12.8. The summed E-state index contributed by atoms with van der Waals surface area (Å²) < 4.78 is 0. The van der Waals surface area contributed by atoms with Crippen LogP contribution in [0.5, 0.6) is 0 Å². The van der Waals surface area contributed by atoms with Crippen LogP contribution < -0.4 is 5.32 Å². The first-order valence-electron chi connectivity index (χ1n) is 8.95. The largest absolute Gasteiger partial charge is 0.322 e. The van der Waals surface area contributed by atoms with Gasteiger partial charge in [0.2, 0.25) is 0 Å². The Balaban J connectivity index is 1.56. The van der Waals surface area contributed by atoms with E-state index >= 15 is 0 Å². The van der Waals surface area contributed by atoms with Crippen molar-refractivity contribution in [3.05, 3.63) is 101 Å². The van der Waals surface area contributed by atoms with Gasteiger partial charge in [-0.15, -0.1) is 0 Å². The molecule has 138 valence electrons. The first-order valence-corrected chi connectivity index (χ1v) is 8.95. The molecule has 0 aromatic heterocycles. The second-order valence-corrected chi connectivity index (χ2v) is 6.76. The van der Waals surface area contributed by atoms with Gasteiger partial charge in [-0.3, -0.25) is 19.3 Å². The van der Waals surface area contributed by atoms with Crippen LogP contribution in [0.3, 0.4) is 0 Å². The van der Waals surface area contributed by atoms with E-state index in [0.29, 0.717) is 16.8 Å². The monoisotopic (exact) mass is 370 g/mol. The highest BCUT2D eigenvalue weighted by atomic mass is 16.2. The second kappa shape index (κ2) is 7.12. The van der Waals surface area contributed by atoms with Gasteiger partial charge < -0.3 is 5.32 Å². The molecule has 0 radical (unpaired) electrons. The van der Waals surface area contributed by atoms with Gasteiger partial charge in [0.15, 0.2) is 0 Å². The summed E-state index contributed by atoms with van der Waals surface area (Å²) in [6.45, 7) is 2.17. The summed E-state index contributed by atoms with van der Waals surface area (Å²) in [6, 6.07) is 21.4. The number of imide groups is 1. The number of aryl methyl sites for hydroxylation is 1. The topological polar surface area (TPSA) is 66.5 Å². The van der Waals surface area contributed by atoms with Crippen LogP contribution in [0.15, 0.2) is 72.8 Å². The molecular weight excluding hydrogens is 352 g/mol. The predicted molar refractivity (Wildman–Crippen MR) is 106 cm³/mol. The van der Waals surface area contributed by atoms with Crippen molar-refractivity contribution in [2.24, 2.45) is 0 Å². The predicted octanol–water partition coefficient (Wildman–Crippen LogP) is 4.04. The van der Waals surface area contributed by atoms with E-state index < -0.39 is 0 Å². The third-order valence-electron chi connectivity index (χ3n) is 4.73. The third-order valence-corrected chi connectivity index (χ3v) is 4.73.